The van der Waals surface area contributed by atoms with E-state index >= 15 is 0 Å². The molecule has 3 aliphatic carbocycles. The molecule has 0 aromatic heterocycles. The molecule has 1 N–H and O–H groups in total. The molecular weight excluding hydrogens is 494 g/mol. The van der Waals surface area contributed by atoms with E-state index in [2.05, 4.69) is 0 Å². The number of nitrogens with zero attached hydrogens (tertiary/aromatic N) is 1. The second-order valence-electron chi connectivity index (χ2n) is 10.7. The number of ketones is 2. The summed E-state index contributed by atoms with van der Waals surface area (Å²) in [7, 11) is 1.50. The number of Topliss-reactive ketones (excluding diaryl/α,β-unsaturated/α-hetero) is 1. The van der Waals surface area contributed by atoms with Gasteiger partial charge in [-0.3, -0.25) is 24.1 Å². The molecule has 198 valence electrons. The SMILES string of the molecule is CCc1ccc(N2C(=O)C3CC=C4C(c5ccc(OC)cc5O)C5=C(CC4C3C2=O)C(=O)C(C)=CC5=O)cc1. The Hall–Kier alpha value is -4.26. The van der Waals surface area contributed by atoms with Crippen molar-refractivity contribution in [2.24, 2.45) is 17.8 Å². The van der Waals surface area contributed by atoms with Crippen molar-refractivity contribution in [2.75, 3.05) is 12.0 Å². The van der Waals surface area contributed by atoms with E-state index in [1.165, 1.54) is 24.2 Å². The minimum atomic E-state index is -0.702. The summed E-state index contributed by atoms with van der Waals surface area (Å²) < 4.78 is 5.25. The summed E-state index contributed by atoms with van der Waals surface area (Å²) in [6, 6.07) is 12.3. The number of methoxy groups -OCH3 is 1. The third-order valence-electron chi connectivity index (χ3n) is 8.71. The Kier molecular flexibility index (Phi) is 5.90. The Morgan fingerprint density at radius 1 is 1.00 bits per heavy atom. The van der Waals surface area contributed by atoms with Crippen molar-refractivity contribution in [3.63, 3.8) is 0 Å². The number of phenolic OH excluding ortho intramolecular Hbond substituents is 1. The number of anilines is 1. The third-order valence-corrected chi connectivity index (χ3v) is 8.71. The summed E-state index contributed by atoms with van der Waals surface area (Å²) in [6.07, 6.45) is 4.69. The molecule has 1 heterocycles. The quantitative estimate of drug-likeness (QED) is 0.357. The second-order valence-corrected chi connectivity index (χ2v) is 10.7. The number of allylic oxidation sites excluding steroid dienone is 6. The van der Waals surface area contributed by atoms with Gasteiger partial charge in [0.2, 0.25) is 11.8 Å². The summed E-state index contributed by atoms with van der Waals surface area (Å²) in [5.41, 5.74) is 3.98. The molecule has 2 aromatic rings. The molecule has 4 atom stereocenters. The van der Waals surface area contributed by atoms with E-state index < -0.39 is 23.7 Å². The molecule has 0 saturated carbocycles. The number of carbonyl (C=O) groups is 4. The van der Waals surface area contributed by atoms with Crippen molar-refractivity contribution in [3.8, 4) is 11.5 Å². The van der Waals surface area contributed by atoms with E-state index in [1.807, 2.05) is 25.1 Å². The lowest BCUT2D eigenvalue weighted by Gasteiger charge is -2.42. The number of aryl methyl sites for hydroxylation is 1. The van der Waals surface area contributed by atoms with Crippen molar-refractivity contribution in [1.29, 1.82) is 0 Å². The smallest absolute Gasteiger partial charge is 0.238 e. The highest BCUT2D eigenvalue weighted by atomic mass is 16.5. The lowest BCUT2D eigenvalue weighted by Crippen LogP contribution is -2.39. The fourth-order valence-corrected chi connectivity index (χ4v) is 6.77. The van der Waals surface area contributed by atoms with Crippen LogP contribution in [0.15, 0.2) is 76.9 Å². The highest BCUT2D eigenvalue weighted by Crippen LogP contribution is 2.56. The van der Waals surface area contributed by atoms with Crippen LogP contribution in [0.25, 0.3) is 0 Å². The van der Waals surface area contributed by atoms with Crippen molar-refractivity contribution >= 4 is 29.1 Å². The number of amides is 2. The van der Waals surface area contributed by atoms with E-state index in [-0.39, 0.29) is 35.6 Å². The van der Waals surface area contributed by atoms with Gasteiger partial charge in [-0.1, -0.05) is 36.8 Å². The molecule has 2 amide bonds. The van der Waals surface area contributed by atoms with Crippen LogP contribution in [-0.4, -0.2) is 35.6 Å². The fraction of sp³-hybridized carbons (Fsp3) is 0.312. The molecular formula is C32H29NO6. The van der Waals surface area contributed by atoms with Gasteiger partial charge in [-0.05, 0) is 61.9 Å². The number of ether oxygens (including phenoxy) is 1. The third kappa shape index (κ3) is 3.71. The largest absolute Gasteiger partial charge is 0.507 e. The van der Waals surface area contributed by atoms with Crippen LogP contribution in [0.2, 0.25) is 0 Å². The number of aromatic hydroxyl groups is 1. The first-order chi connectivity index (χ1) is 18.7. The highest BCUT2D eigenvalue weighted by Gasteiger charge is 2.56. The molecule has 0 spiro atoms. The maximum Gasteiger partial charge on any atom is 0.238 e. The summed E-state index contributed by atoms with van der Waals surface area (Å²) in [5, 5.41) is 11.0. The zero-order valence-corrected chi connectivity index (χ0v) is 22.1. The normalized spacial score (nSPS) is 26.2. The van der Waals surface area contributed by atoms with Crippen molar-refractivity contribution in [1.82, 2.24) is 0 Å². The topological polar surface area (TPSA) is 101 Å². The van der Waals surface area contributed by atoms with Gasteiger partial charge in [0.05, 0.1) is 24.6 Å². The van der Waals surface area contributed by atoms with Crippen LogP contribution in [0.1, 0.15) is 43.7 Å². The Morgan fingerprint density at radius 3 is 2.41 bits per heavy atom. The number of phenols is 1. The van der Waals surface area contributed by atoms with Crippen molar-refractivity contribution < 1.29 is 29.0 Å². The molecule has 39 heavy (non-hydrogen) atoms. The van der Waals surface area contributed by atoms with Crippen molar-refractivity contribution in [3.05, 3.63) is 88.0 Å². The van der Waals surface area contributed by atoms with E-state index in [4.69, 9.17) is 4.74 Å². The second kappa shape index (κ2) is 9.19. The average molecular weight is 524 g/mol. The maximum absolute atomic E-state index is 14.0. The molecule has 6 rings (SSSR count). The molecule has 2 aromatic carbocycles. The molecule has 1 aliphatic heterocycles. The number of hydrogen-bond donors (Lipinski definition) is 1. The van der Waals surface area contributed by atoms with Crippen LogP contribution >= 0.6 is 0 Å². The van der Waals surface area contributed by atoms with Crippen LogP contribution in [0, 0.1) is 17.8 Å². The molecule has 7 nitrogen and oxygen atoms in total. The first kappa shape index (κ1) is 25.0. The predicted molar refractivity (Wildman–Crippen MR) is 144 cm³/mol. The molecule has 4 unspecified atom stereocenters. The van der Waals surface area contributed by atoms with E-state index in [1.54, 1.807) is 31.2 Å². The number of carbonyl (C=O) groups excluding carboxylic acids is 4. The zero-order valence-electron chi connectivity index (χ0n) is 22.1. The molecule has 0 bridgehead atoms. The first-order valence-corrected chi connectivity index (χ1v) is 13.3. The Labute approximate surface area is 226 Å². The van der Waals surface area contributed by atoms with E-state index in [0.717, 1.165) is 17.6 Å². The van der Waals surface area contributed by atoms with Gasteiger partial charge in [-0.25, -0.2) is 0 Å². The average Bonchev–Trinajstić information content (AvgIpc) is 3.20. The number of rotatable bonds is 4. The molecule has 7 heteroatoms. The van der Waals surface area contributed by atoms with Gasteiger partial charge in [0.25, 0.3) is 0 Å². The minimum Gasteiger partial charge on any atom is -0.507 e. The van der Waals surface area contributed by atoms with E-state index in [9.17, 15) is 24.3 Å². The van der Waals surface area contributed by atoms with Gasteiger partial charge in [0.1, 0.15) is 11.5 Å². The van der Waals surface area contributed by atoms with Gasteiger partial charge < -0.3 is 9.84 Å². The lowest BCUT2D eigenvalue weighted by molar-refractivity contribution is -0.123. The summed E-state index contributed by atoms with van der Waals surface area (Å²) >= 11 is 0. The molecule has 1 saturated heterocycles. The van der Waals surface area contributed by atoms with Gasteiger partial charge in [0.15, 0.2) is 11.6 Å². The zero-order chi connectivity index (χ0) is 27.6. The minimum absolute atomic E-state index is 0.0622. The predicted octanol–water partition coefficient (Wildman–Crippen LogP) is 4.60. The first-order valence-electron chi connectivity index (χ1n) is 13.3. The Morgan fingerprint density at radius 2 is 1.74 bits per heavy atom. The maximum atomic E-state index is 14.0. The number of imide groups is 1. The van der Waals surface area contributed by atoms with Gasteiger partial charge in [-0.15, -0.1) is 0 Å². The van der Waals surface area contributed by atoms with Gasteiger partial charge in [0, 0.05) is 34.3 Å². The van der Waals surface area contributed by atoms with Crippen LogP contribution in [-0.2, 0) is 25.6 Å². The molecule has 1 fully saturated rings. The van der Waals surface area contributed by atoms with Crippen LogP contribution in [0.3, 0.4) is 0 Å². The monoisotopic (exact) mass is 523 g/mol. The molecule has 0 radical (unpaired) electrons. The standard InChI is InChI=1S/C32H29NO6/c1-4-17-5-7-18(8-6-17)33-31(37)22-12-11-20-23(28(22)32(33)38)15-24-29(26(35)13-16(2)30(24)36)27(20)21-10-9-19(39-3)14-25(21)34/h5-11,13-14,22-23,27-28,34H,4,12,15H2,1-3H3. The fourth-order valence-electron chi connectivity index (χ4n) is 6.77. The van der Waals surface area contributed by atoms with Crippen molar-refractivity contribution in [2.45, 2.75) is 39.0 Å². The van der Waals surface area contributed by atoms with E-state index in [0.29, 0.717) is 40.1 Å². The van der Waals surface area contributed by atoms with Crippen LogP contribution in [0.4, 0.5) is 5.69 Å². The summed E-state index contributed by atoms with van der Waals surface area (Å²) in [6.45, 7) is 3.66. The van der Waals surface area contributed by atoms with Crippen LogP contribution < -0.4 is 9.64 Å². The number of benzene rings is 2. The highest BCUT2D eigenvalue weighted by molar-refractivity contribution is 6.25. The van der Waals surface area contributed by atoms with Crippen LogP contribution in [0.5, 0.6) is 11.5 Å². The summed E-state index contributed by atoms with van der Waals surface area (Å²) in [4.78, 5) is 55.6. The Bertz CT molecular complexity index is 1540. The molecule has 4 aliphatic rings. The Balaban J connectivity index is 1.47. The van der Waals surface area contributed by atoms with Gasteiger partial charge >= 0.3 is 0 Å². The summed E-state index contributed by atoms with van der Waals surface area (Å²) in [5.74, 6) is -2.98. The lowest BCUT2D eigenvalue weighted by atomic mass is 9.59. The van der Waals surface area contributed by atoms with Gasteiger partial charge in [-0.2, -0.15) is 0 Å². The number of fused-ring (bicyclic) bond motifs is 3. The number of hydrogen-bond acceptors (Lipinski definition) is 6.